The summed E-state index contributed by atoms with van der Waals surface area (Å²) in [6.07, 6.45) is 2.53. The Labute approximate surface area is 119 Å². The molecule has 1 saturated heterocycles. The number of nitrogens with one attached hydrogen (secondary N) is 1. The van der Waals surface area contributed by atoms with Gasteiger partial charge in [-0.2, -0.15) is 0 Å². The van der Waals surface area contributed by atoms with E-state index in [0.717, 1.165) is 31.5 Å². The van der Waals surface area contributed by atoms with Gasteiger partial charge in [-0.15, -0.1) is 0 Å². The van der Waals surface area contributed by atoms with Crippen molar-refractivity contribution >= 4 is 17.5 Å². The highest BCUT2D eigenvalue weighted by Crippen LogP contribution is 2.12. The standard InChI is InChI=1S/C15H21N3O2/c1-11-10-12(16)4-5-13(11)15(20)17-7-6-14(19)18-8-2-3-9-18/h4-5,10H,2-3,6-9,16H2,1H3,(H,17,20). The molecule has 1 aromatic rings. The molecule has 2 amide bonds. The minimum Gasteiger partial charge on any atom is -0.399 e. The lowest BCUT2D eigenvalue weighted by molar-refractivity contribution is -0.129. The SMILES string of the molecule is Cc1cc(N)ccc1C(=O)NCCC(=O)N1CCCC1. The van der Waals surface area contributed by atoms with Crippen molar-refractivity contribution in [2.24, 2.45) is 0 Å². The van der Waals surface area contributed by atoms with Crippen molar-refractivity contribution in [3.63, 3.8) is 0 Å². The second kappa shape index (κ2) is 6.41. The molecule has 0 saturated carbocycles. The Morgan fingerprint density at radius 3 is 2.65 bits per heavy atom. The summed E-state index contributed by atoms with van der Waals surface area (Å²) >= 11 is 0. The molecule has 20 heavy (non-hydrogen) atoms. The van der Waals surface area contributed by atoms with E-state index in [1.807, 2.05) is 11.8 Å². The first-order valence-electron chi connectivity index (χ1n) is 7.00. The van der Waals surface area contributed by atoms with Gasteiger partial charge in [0.15, 0.2) is 0 Å². The van der Waals surface area contributed by atoms with Crippen LogP contribution in [0.2, 0.25) is 0 Å². The fourth-order valence-corrected chi connectivity index (χ4v) is 2.44. The maximum atomic E-state index is 12.0. The molecule has 5 nitrogen and oxygen atoms in total. The average molecular weight is 275 g/mol. The molecular weight excluding hydrogens is 254 g/mol. The van der Waals surface area contributed by atoms with Crippen molar-refractivity contribution in [2.45, 2.75) is 26.2 Å². The largest absolute Gasteiger partial charge is 0.399 e. The molecule has 3 N–H and O–H groups in total. The van der Waals surface area contributed by atoms with Crippen molar-refractivity contribution in [1.82, 2.24) is 10.2 Å². The van der Waals surface area contributed by atoms with Crippen LogP contribution in [0.3, 0.4) is 0 Å². The van der Waals surface area contributed by atoms with Gasteiger partial charge in [0.05, 0.1) is 0 Å². The zero-order valence-corrected chi connectivity index (χ0v) is 11.8. The van der Waals surface area contributed by atoms with E-state index in [1.54, 1.807) is 18.2 Å². The molecular formula is C15H21N3O2. The van der Waals surface area contributed by atoms with E-state index >= 15 is 0 Å². The number of carbonyl (C=O) groups excluding carboxylic acids is 2. The van der Waals surface area contributed by atoms with E-state index in [4.69, 9.17) is 5.73 Å². The molecule has 0 bridgehead atoms. The zero-order valence-electron chi connectivity index (χ0n) is 11.8. The van der Waals surface area contributed by atoms with Crippen LogP contribution in [0.1, 0.15) is 35.2 Å². The Bertz CT molecular complexity index is 508. The van der Waals surface area contributed by atoms with Gasteiger partial charge in [-0.05, 0) is 43.5 Å². The Morgan fingerprint density at radius 1 is 1.30 bits per heavy atom. The molecule has 1 aliphatic rings. The first kappa shape index (κ1) is 14.4. The number of nitrogens with zero attached hydrogens (tertiary/aromatic N) is 1. The molecule has 0 atom stereocenters. The van der Waals surface area contributed by atoms with Gasteiger partial charge in [-0.25, -0.2) is 0 Å². The van der Waals surface area contributed by atoms with Gasteiger partial charge in [0.25, 0.3) is 5.91 Å². The van der Waals surface area contributed by atoms with Crippen LogP contribution < -0.4 is 11.1 Å². The first-order valence-corrected chi connectivity index (χ1v) is 7.00. The number of carbonyl (C=O) groups is 2. The van der Waals surface area contributed by atoms with Crippen LogP contribution in [0.4, 0.5) is 5.69 Å². The number of benzene rings is 1. The first-order chi connectivity index (χ1) is 9.58. The monoisotopic (exact) mass is 275 g/mol. The highest BCUT2D eigenvalue weighted by atomic mass is 16.2. The van der Waals surface area contributed by atoms with Crippen molar-refractivity contribution < 1.29 is 9.59 Å². The van der Waals surface area contributed by atoms with Gasteiger partial charge in [-0.1, -0.05) is 0 Å². The number of amides is 2. The maximum absolute atomic E-state index is 12.0. The van der Waals surface area contributed by atoms with E-state index < -0.39 is 0 Å². The second-order valence-electron chi connectivity index (χ2n) is 5.17. The van der Waals surface area contributed by atoms with Gasteiger partial charge in [-0.3, -0.25) is 9.59 Å². The number of nitrogens with two attached hydrogens (primary N) is 1. The fourth-order valence-electron chi connectivity index (χ4n) is 2.44. The van der Waals surface area contributed by atoms with Crippen LogP contribution >= 0.6 is 0 Å². The van der Waals surface area contributed by atoms with Crippen molar-refractivity contribution in [1.29, 1.82) is 0 Å². The smallest absolute Gasteiger partial charge is 0.251 e. The summed E-state index contributed by atoms with van der Waals surface area (Å²) in [4.78, 5) is 25.7. The Hall–Kier alpha value is -2.04. The van der Waals surface area contributed by atoms with E-state index in [9.17, 15) is 9.59 Å². The average Bonchev–Trinajstić information content (AvgIpc) is 2.92. The van der Waals surface area contributed by atoms with Crippen LogP contribution in [0.5, 0.6) is 0 Å². The summed E-state index contributed by atoms with van der Waals surface area (Å²) in [6, 6.07) is 5.18. The van der Waals surface area contributed by atoms with Crippen LogP contribution in [-0.4, -0.2) is 36.3 Å². The highest BCUT2D eigenvalue weighted by Gasteiger charge is 2.17. The lowest BCUT2D eigenvalue weighted by Crippen LogP contribution is -2.32. The molecule has 0 radical (unpaired) electrons. The summed E-state index contributed by atoms with van der Waals surface area (Å²) in [5, 5.41) is 2.79. The molecule has 0 unspecified atom stereocenters. The number of rotatable bonds is 4. The Morgan fingerprint density at radius 2 is 2.00 bits per heavy atom. The molecule has 0 aromatic heterocycles. The number of likely N-dealkylation sites (tertiary alicyclic amines) is 1. The summed E-state index contributed by atoms with van der Waals surface area (Å²) in [5.41, 5.74) is 7.74. The predicted molar refractivity (Wildman–Crippen MR) is 78.4 cm³/mol. The highest BCUT2D eigenvalue weighted by molar-refractivity contribution is 5.96. The van der Waals surface area contributed by atoms with E-state index in [1.165, 1.54) is 0 Å². The van der Waals surface area contributed by atoms with Gasteiger partial charge in [0, 0.05) is 37.3 Å². The molecule has 2 rings (SSSR count). The summed E-state index contributed by atoms with van der Waals surface area (Å²) < 4.78 is 0. The van der Waals surface area contributed by atoms with Crippen LogP contribution in [0, 0.1) is 6.92 Å². The Kier molecular flexibility index (Phi) is 4.61. The second-order valence-corrected chi connectivity index (χ2v) is 5.17. The number of anilines is 1. The lowest BCUT2D eigenvalue weighted by atomic mass is 10.1. The fraction of sp³-hybridized carbons (Fsp3) is 0.467. The minimum absolute atomic E-state index is 0.122. The van der Waals surface area contributed by atoms with Crippen LogP contribution in [-0.2, 0) is 4.79 Å². The maximum Gasteiger partial charge on any atom is 0.251 e. The van der Waals surface area contributed by atoms with E-state index in [0.29, 0.717) is 24.2 Å². The predicted octanol–water partition coefficient (Wildman–Crippen LogP) is 1.32. The molecule has 1 aliphatic heterocycles. The third-order valence-corrected chi connectivity index (χ3v) is 3.58. The summed E-state index contributed by atoms with van der Waals surface area (Å²) in [5.74, 6) is -0.0337. The third kappa shape index (κ3) is 3.50. The topological polar surface area (TPSA) is 75.4 Å². The molecule has 1 heterocycles. The normalized spacial score (nSPS) is 14.3. The van der Waals surface area contributed by atoms with Crippen molar-refractivity contribution in [3.8, 4) is 0 Å². The third-order valence-electron chi connectivity index (χ3n) is 3.58. The van der Waals surface area contributed by atoms with Gasteiger partial charge >= 0.3 is 0 Å². The minimum atomic E-state index is -0.156. The summed E-state index contributed by atoms with van der Waals surface area (Å²) in [7, 11) is 0. The molecule has 1 fully saturated rings. The molecule has 108 valence electrons. The Balaban J connectivity index is 1.81. The van der Waals surface area contributed by atoms with E-state index in [-0.39, 0.29) is 11.8 Å². The molecule has 0 aliphatic carbocycles. The van der Waals surface area contributed by atoms with Gasteiger partial charge in [0.1, 0.15) is 0 Å². The van der Waals surface area contributed by atoms with Crippen LogP contribution in [0.25, 0.3) is 0 Å². The van der Waals surface area contributed by atoms with Gasteiger partial charge < -0.3 is 16.0 Å². The lowest BCUT2D eigenvalue weighted by Gasteiger charge is -2.15. The zero-order chi connectivity index (χ0) is 14.5. The van der Waals surface area contributed by atoms with Gasteiger partial charge in [0.2, 0.25) is 5.91 Å². The van der Waals surface area contributed by atoms with Crippen LogP contribution in [0.15, 0.2) is 18.2 Å². The molecule has 1 aromatic carbocycles. The quantitative estimate of drug-likeness (QED) is 0.814. The number of hydrogen-bond acceptors (Lipinski definition) is 3. The number of hydrogen-bond donors (Lipinski definition) is 2. The number of nitrogen functional groups attached to an aromatic ring is 1. The van der Waals surface area contributed by atoms with Crippen molar-refractivity contribution in [3.05, 3.63) is 29.3 Å². The molecule has 5 heteroatoms. The van der Waals surface area contributed by atoms with Crippen molar-refractivity contribution in [2.75, 3.05) is 25.4 Å². The number of aryl methyl sites for hydroxylation is 1. The summed E-state index contributed by atoms with van der Waals surface area (Å²) in [6.45, 7) is 3.92. The molecule has 0 spiro atoms. The van der Waals surface area contributed by atoms with E-state index in [2.05, 4.69) is 5.32 Å².